The first kappa shape index (κ1) is 10.3. The maximum Gasteiger partial charge on any atom is 0.0722 e. The second-order valence-electron chi connectivity index (χ2n) is 4.81. The highest BCUT2D eigenvalue weighted by molar-refractivity contribution is 5.43. The average molecular weight is 199 g/mol. The standard InChI is InChI=1S/C14H17N/c1-14(2,15)9-8-11-6-7-12-4-3-5-13(12)10-11/h6-7,10H,3-5,15H2,1-2H3. The zero-order chi connectivity index (χ0) is 10.9. The normalized spacial score (nSPS) is 14.3. The van der Waals surface area contributed by atoms with Crippen LogP contribution in [0.15, 0.2) is 18.2 Å². The molecule has 2 N–H and O–H groups in total. The van der Waals surface area contributed by atoms with Gasteiger partial charge in [0.15, 0.2) is 0 Å². The summed E-state index contributed by atoms with van der Waals surface area (Å²) in [5.41, 5.74) is 9.47. The smallest absolute Gasteiger partial charge is 0.0722 e. The molecule has 0 atom stereocenters. The van der Waals surface area contributed by atoms with Crippen molar-refractivity contribution in [3.8, 4) is 11.8 Å². The van der Waals surface area contributed by atoms with Gasteiger partial charge in [0.1, 0.15) is 0 Å². The molecule has 0 heterocycles. The Morgan fingerprint density at radius 3 is 2.67 bits per heavy atom. The minimum absolute atomic E-state index is 0.404. The van der Waals surface area contributed by atoms with Crippen LogP contribution in [0.1, 0.15) is 37.0 Å². The van der Waals surface area contributed by atoms with Gasteiger partial charge in [-0.3, -0.25) is 0 Å². The van der Waals surface area contributed by atoms with E-state index in [-0.39, 0.29) is 0 Å². The zero-order valence-corrected chi connectivity index (χ0v) is 9.43. The van der Waals surface area contributed by atoms with E-state index in [2.05, 4.69) is 30.0 Å². The minimum atomic E-state index is -0.404. The molecular weight excluding hydrogens is 182 g/mol. The van der Waals surface area contributed by atoms with Gasteiger partial charge < -0.3 is 5.73 Å². The van der Waals surface area contributed by atoms with Gasteiger partial charge in [0.25, 0.3) is 0 Å². The van der Waals surface area contributed by atoms with Crippen molar-refractivity contribution in [2.45, 2.75) is 38.6 Å². The largest absolute Gasteiger partial charge is 0.316 e. The third-order valence-electron chi connectivity index (χ3n) is 2.63. The van der Waals surface area contributed by atoms with Crippen molar-refractivity contribution in [2.75, 3.05) is 0 Å². The lowest BCUT2D eigenvalue weighted by atomic mass is 10.0. The number of fused-ring (bicyclic) bond motifs is 1. The van der Waals surface area contributed by atoms with Crippen LogP contribution >= 0.6 is 0 Å². The summed E-state index contributed by atoms with van der Waals surface area (Å²) in [5.74, 6) is 6.20. The third kappa shape index (κ3) is 2.61. The Hall–Kier alpha value is -1.26. The van der Waals surface area contributed by atoms with E-state index in [1.807, 2.05) is 13.8 Å². The van der Waals surface area contributed by atoms with Crippen LogP contribution in [0.3, 0.4) is 0 Å². The molecule has 2 rings (SSSR count). The maximum atomic E-state index is 5.82. The average Bonchev–Trinajstić information content (AvgIpc) is 2.60. The van der Waals surface area contributed by atoms with E-state index in [4.69, 9.17) is 5.73 Å². The Morgan fingerprint density at radius 2 is 1.93 bits per heavy atom. The van der Waals surface area contributed by atoms with Gasteiger partial charge in [-0.25, -0.2) is 0 Å². The van der Waals surface area contributed by atoms with E-state index in [9.17, 15) is 0 Å². The molecule has 0 spiro atoms. The van der Waals surface area contributed by atoms with Gasteiger partial charge in [0.2, 0.25) is 0 Å². The zero-order valence-electron chi connectivity index (χ0n) is 9.43. The summed E-state index contributed by atoms with van der Waals surface area (Å²) in [7, 11) is 0. The molecule has 1 aliphatic rings. The number of aryl methyl sites for hydroxylation is 2. The number of rotatable bonds is 0. The summed E-state index contributed by atoms with van der Waals surface area (Å²) in [4.78, 5) is 0. The van der Waals surface area contributed by atoms with Gasteiger partial charge in [-0.15, -0.1) is 0 Å². The van der Waals surface area contributed by atoms with Crippen molar-refractivity contribution in [3.63, 3.8) is 0 Å². The Morgan fingerprint density at radius 1 is 1.20 bits per heavy atom. The lowest BCUT2D eigenvalue weighted by Crippen LogP contribution is -2.29. The third-order valence-corrected chi connectivity index (χ3v) is 2.63. The molecule has 0 aromatic heterocycles. The summed E-state index contributed by atoms with van der Waals surface area (Å²) < 4.78 is 0. The first-order valence-corrected chi connectivity index (χ1v) is 5.48. The van der Waals surface area contributed by atoms with Gasteiger partial charge in [0.05, 0.1) is 5.54 Å². The first-order valence-electron chi connectivity index (χ1n) is 5.48. The number of hydrogen-bond acceptors (Lipinski definition) is 1. The highest BCUT2D eigenvalue weighted by atomic mass is 14.7. The second-order valence-corrected chi connectivity index (χ2v) is 4.81. The number of hydrogen-bond donors (Lipinski definition) is 1. The predicted octanol–water partition coefficient (Wildman–Crippen LogP) is 2.26. The van der Waals surface area contributed by atoms with Crippen LogP contribution in [0.4, 0.5) is 0 Å². The van der Waals surface area contributed by atoms with Crippen molar-refractivity contribution >= 4 is 0 Å². The van der Waals surface area contributed by atoms with Gasteiger partial charge in [-0.2, -0.15) is 0 Å². The van der Waals surface area contributed by atoms with Crippen LogP contribution < -0.4 is 5.73 Å². The fourth-order valence-electron chi connectivity index (χ4n) is 1.88. The highest BCUT2D eigenvalue weighted by Gasteiger charge is 2.10. The number of benzene rings is 1. The molecule has 0 fully saturated rings. The van der Waals surface area contributed by atoms with E-state index in [0.717, 1.165) is 5.56 Å². The fraction of sp³-hybridized carbons (Fsp3) is 0.429. The van der Waals surface area contributed by atoms with E-state index < -0.39 is 5.54 Å². The van der Waals surface area contributed by atoms with Crippen molar-refractivity contribution in [1.29, 1.82) is 0 Å². The Bertz CT molecular complexity index is 427. The maximum absolute atomic E-state index is 5.82. The summed E-state index contributed by atoms with van der Waals surface area (Å²) in [6.45, 7) is 3.85. The van der Waals surface area contributed by atoms with Gasteiger partial charge in [-0.05, 0) is 56.4 Å². The highest BCUT2D eigenvalue weighted by Crippen LogP contribution is 2.22. The fourth-order valence-corrected chi connectivity index (χ4v) is 1.88. The van der Waals surface area contributed by atoms with Gasteiger partial charge >= 0.3 is 0 Å². The SMILES string of the molecule is CC(C)(N)C#Cc1ccc2c(c1)CCC2. The van der Waals surface area contributed by atoms with Crippen LogP contribution in [-0.4, -0.2) is 5.54 Å². The van der Waals surface area contributed by atoms with Crippen molar-refractivity contribution in [2.24, 2.45) is 5.73 Å². The quantitative estimate of drug-likeness (QED) is 0.637. The number of nitrogens with two attached hydrogens (primary N) is 1. The van der Waals surface area contributed by atoms with E-state index in [0.29, 0.717) is 0 Å². The molecule has 0 amide bonds. The minimum Gasteiger partial charge on any atom is -0.316 e. The topological polar surface area (TPSA) is 26.0 Å². The molecular formula is C14H17N. The van der Waals surface area contributed by atoms with Crippen LogP contribution in [0, 0.1) is 11.8 Å². The molecule has 0 unspecified atom stereocenters. The summed E-state index contributed by atoms with van der Waals surface area (Å²) in [6, 6.07) is 6.51. The Balaban J connectivity index is 2.27. The summed E-state index contributed by atoms with van der Waals surface area (Å²) in [6.07, 6.45) is 3.72. The van der Waals surface area contributed by atoms with E-state index >= 15 is 0 Å². The van der Waals surface area contributed by atoms with Crippen LogP contribution in [0.2, 0.25) is 0 Å². The molecule has 1 aromatic carbocycles. The molecule has 0 bridgehead atoms. The Labute approximate surface area is 91.7 Å². The molecule has 0 saturated heterocycles. The summed E-state index contributed by atoms with van der Waals surface area (Å²) in [5, 5.41) is 0. The molecule has 1 aromatic rings. The molecule has 1 nitrogen and oxygen atoms in total. The van der Waals surface area contributed by atoms with E-state index in [1.165, 1.54) is 30.4 Å². The molecule has 1 heteroatoms. The predicted molar refractivity (Wildman–Crippen MR) is 63.6 cm³/mol. The molecule has 78 valence electrons. The Kier molecular flexibility index (Phi) is 2.54. The molecule has 0 aliphatic heterocycles. The van der Waals surface area contributed by atoms with Crippen molar-refractivity contribution in [3.05, 3.63) is 34.9 Å². The second kappa shape index (κ2) is 3.72. The van der Waals surface area contributed by atoms with Crippen LogP contribution in [-0.2, 0) is 12.8 Å². The lowest BCUT2D eigenvalue weighted by molar-refractivity contribution is 0.680. The van der Waals surface area contributed by atoms with Crippen molar-refractivity contribution < 1.29 is 0 Å². The van der Waals surface area contributed by atoms with Crippen LogP contribution in [0.25, 0.3) is 0 Å². The van der Waals surface area contributed by atoms with E-state index in [1.54, 1.807) is 0 Å². The van der Waals surface area contributed by atoms with Crippen LogP contribution in [0.5, 0.6) is 0 Å². The first-order chi connectivity index (χ1) is 7.04. The molecule has 0 saturated carbocycles. The monoisotopic (exact) mass is 199 g/mol. The summed E-state index contributed by atoms with van der Waals surface area (Å²) >= 11 is 0. The lowest BCUT2D eigenvalue weighted by Gasteiger charge is -2.07. The van der Waals surface area contributed by atoms with Gasteiger partial charge in [-0.1, -0.05) is 17.9 Å². The van der Waals surface area contributed by atoms with Gasteiger partial charge in [0, 0.05) is 5.56 Å². The van der Waals surface area contributed by atoms with Crippen molar-refractivity contribution in [1.82, 2.24) is 0 Å². The molecule has 15 heavy (non-hydrogen) atoms. The molecule has 1 aliphatic carbocycles. The molecule has 0 radical (unpaired) electrons.